The molecule has 2 fully saturated rings. The van der Waals surface area contributed by atoms with Crippen molar-refractivity contribution in [1.82, 2.24) is 19.9 Å². The van der Waals surface area contributed by atoms with E-state index in [9.17, 15) is 9.18 Å². The summed E-state index contributed by atoms with van der Waals surface area (Å²) in [6.45, 7) is 8.06. The maximum Gasteiger partial charge on any atom is 0.254 e. The molecule has 0 radical (unpaired) electrons. The standard InChI is InChI=1S/C25H26FN5O/c1-15-5-4-6-22(27-15)21-12-19(26)7-8-20(21)24(32)30-10-9-18-13-31(23(18)14-30)25-28-16(2)11-17(3)29-25/h4-8,11-12,18,23H,9-10,13-14H2,1-3H3/t18-,23-/m0/s1. The SMILES string of the molecule is Cc1cccc(-c2cc(F)ccc2C(=O)N2CC[C@H]3CN(c4nc(C)cc(C)n4)[C@H]3C2)n1. The lowest BCUT2D eigenvalue weighted by atomic mass is 9.82. The molecule has 6 nitrogen and oxygen atoms in total. The second kappa shape index (κ2) is 7.97. The minimum absolute atomic E-state index is 0.0880. The zero-order valence-electron chi connectivity index (χ0n) is 18.5. The molecule has 2 aliphatic heterocycles. The van der Waals surface area contributed by atoms with Crippen LogP contribution in [0.1, 0.15) is 33.9 Å². The van der Waals surface area contributed by atoms with Crippen molar-refractivity contribution in [3.63, 3.8) is 0 Å². The highest BCUT2D eigenvalue weighted by atomic mass is 19.1. The third-order valence-electron chi connectivity index (χ3n) is 6.44. The summed E-state index contributed by atoms with van der Waals surface area (Å²) in [6, 6.07) is 12.1. The average Bonchev–Trinajstić information content (AvgIpc) is 2.73. The fourth-order valence-corrected chi connectivity index (χ4v) is 4.82. The third-order valence-corrected chi connectivity index (χ3v) is 6.44. The number of hydrogen-bond donors (Lipinski definition) is 0. The Kier molecular flexibility index (Phi) is 5.12. The van der Waals surface area contributed by atoms with Crippen molar-refractivity contribution in [2.75, 3.05) is 24.5 Å². The molecular weight excluding hydrogens is 405 g/mol. The van der Waals surface area contributed by atoms with Crippen LogP contribution in [-0.2, 0) is 0 Å². The molecule has 0 N–H and O–H groups in total. The number of anilines is 1. The van der Waals surface area contributed by atoms with Gasteiger partial charge in [0, 0.05) is 53.8 Å². The number of benzene rings is 1. The Hall–Kier alpha value is -3.35. The molecule has 2 aromatic heterocycles. The smallest absolute Gasteiger partial charge is 0.254 e. The molecular formula is C25H26FN5O. The van der Waals surface area contributed by atoms with Gasteiger partial charge in [-0.15, -0.1) is 0 Å². The van der Waals surface area contributed by atoms with Crippen molar-refractivity contribution in [1.29, 1.82) is 0 Å². The van der Waals surface area contributed by atoms with Gasteiger partial charge in [-0.1, -0.05) is 6.07 Å². The molecule has 2 aliphatic rings. The van der Waals surface area contributed by atoms with Crippen molar-refractivity contribution in [3.05, 3.63) is 70.9 Å². The van der Waals surface area contributed by atoms with Crippen LogP contribution in [0.4, 0.5) is 10.3 Å². The van der Waals surface area contributed by atoms with E-state index in [4.69, 9.17) is 0 Å². The lowest BCUT2D eigenvalue weighted by Gasteiger charge is -2.53. The zero-order chi connectivity index (χ0) is 22.4. The van der Waals surface area contributed by atoms with Crippen molar-refractivity contribution in [2.45, 2.75) is 33.2 Å². The highest BCUT2D eigenvalue weighted by Gasteiger charge is 2.45. The second-order valence-corrected chi connectivity index (χ2v) is 8.82. The quantitative estimate of drug-likeness (QED) is 0.628. The molecule has 0 bridgehead atoms. The summed E-state index contributed by atoms with van der Waals surface area (Å²) < 4.78 is 14.1. The van der Waals surface area contributed by atoms with Gasteiger partial charge in [0.1, 0.15) is 5.82 Å². The number of carbonyl (C=O) groups is 1. The number of pyridine rings is 1. The van der Waals surface area contributed by atoms with E-state index in [-0.39, 0.29) is 17.8 Å². The van der Waals surface area contributed by atoms with Gasteiger partial charge in [0.25, 0.3) is 5.91 Å². The molecule has 0 unspecified atom stereocenters. The van der Waals surface area contributed by atoms with Crippen LogP contribution in [0.3, 0.4) is 0 Å². The van der Waals surface area contributed by atoms with Crippen LogP contribution >= 0.6 is 0 Å². The summed E-state index contributed by atoms with van der Waals surface area (Å²) in [6.07, 6.45) is 0.941. The summed E-state index contributed by atoms with van der Waals surface area (Å²) in [5.74, 6) is 0.810. The van der Waals surface area contributed by atoms with Crippen molar-refractivity contribution in [2.24, 2.45) is 5.92 Å². The molecule has 32 heavy (non-hydrogen) atoms. The first kappa shape index (κ1) is 20.5. The van der Waals surface area contributed by atoms with E-state index < -0.39 is 0 Å². The maximum atomic E-state index is 14.1. The predicted octanol–water partition coefficient (Wildman–Crippen LogP) is 3.95. The first-order valence-electron chi connectivity index (χ1n) is 11.0. The van der Waals surface area contributed by atoms with Crippen LogP contribution in [-0.4, -0.2) is 51.4 Å². The topological polar surface area (TPSA) is 62.2 Å². The maximum absolute atomic E-state index is 14.1. The molecule has 7 heteroatoms. The van der Waals surface area contributed by atoms with E-state index in [1.165, 1.54) is 12.1 Å². The Morgan fingerprint density at radius 3 is 2.50 bits per heavy atom. The molecule has 0 spiro atoms. The molecule has 3 aromatic rings. The summed E-state index contributed by atoms with van der Waals surface area (Å²) in [4.78, 5) is 31.4. The molecule has 2 atom stereocenters. The Balaban J connectivity index is 1.41. The van der Waals surface area contributed by atoms with Crippen LogP contribution < -0.4 is 4.90 Å². The summed E-state index contributed by atoms with van der Waals surface area (Å²) in [7, 11) is 0. The van der Waals surface area contributed by atoms with Crippen LogP contribution in [0.15, 0.2) is 42.5 Å². The normalized spacial score (nSPS) is 20.0. The number of amides is 1. The lowest BCUT2D eigenvalue weighted by molar-refractivity contribution is 0.0590. The third kappa shape index (κ3) is 3.72. The van der Waals surface area contributed by atoms with E-state index in [1.54, 1.807) is 6.07 Å². The average molecular weight is 432 g/mol. The first-order valence-corrected chi connectivity index (χ1v) is 11.0. The molecule has 5 rings (SSSR count). The van der Waals surface area contributed by atoms with Gasteiger partial charge in [-0.05, 0) is 63.6 Å². The fourth-order valence-electron chi connectivity index (χ4n) is 4.82. The van der Waals surface area contributed by atoms with E-state index in [2.05, 4.69) is 19.9 Å². The largest absolute Gasteiger partial charge is 0.337 e. The molecule has 1 amide bonds. The van der Waals surface area contributed by atoms with Crippen LogP contribution in [0.5, 0.6) is 0 Å². The molecule has 0 aliphatic carbocycles. The Bertz CT molecular complexity index is 1180. The lowest BCUT2D eigenvalue weighted by Crippen LogP contribution is -2.65. The number of carbonyl (C=O) groups excluding carboxylic acids is 1. The van der Waals surface area contributed by atoms with Crippen molar-refractivity contribution >= 4 is 11.9 Å². The van der Waals surface area contributed by atoms with E-state index in [1.807, 2.05) is 49.9 Å². The predicted molar refractivity (Wildman–Crippen MR) is 121 cm³/mol. The van der Waals surface area contributed by atoms with Gasteiger partial charge in [0.05, 0.1) is 11.7 Å². The number of nitrogens with zero attached hydrogens (tertiary/aromatic N) is 5. The molecule has 4 heterocycles. The minimum atomic E-state index is -0.379. The number of hydrogen-bond acceptors (Lipinski definition) is 5. The molecule has 0 saturated carbocycles. The molecule has 2 saturated heterocycles. The number of rotatable bonds is 3. The number of aryl methyl sites for hydroxylation is 3. The highest BCUT2D eigenvalue weighted by molar-refractivity contribution is 6.00. The number of piperidine rings is 1. The van der Waals surface area contributed by atoms with E-state index >= 15 is 0 Å². The van der Waals surface area contributed by atoms with Gasteiger partial charge in [-0.25, -0.2) is 14.4 Å². The van der Waals surface area contributed by atoms with Crippen LogP contribution in [0, 0.1) is 32.5 Å². The summed E-state index contributed by atoms with van der Waals surface area (Å²) in [5.41, 5.74) is 4.34. The Morgan fingerprint density at radius 2 is 1.75 bits per heavy atom. The number of aromatic nitrogens is 3. The molecule has 1 aromatic carbocycles. The van der Waals surface area contributed by atoms with Crippen molar-refractivity contribution in [3.8, 4) is 11.3 Å². The summed E-state index contributed by atoms with van der Waals surface area (Å²) >= 11 is 0. The van der Waals surface area contributed by atoms with Crippen LogP contribution in [0.25, 0.3) is 11.3 Å². The summed E-state index contributed by atoms with van der Waals surface area (Å²) in [5, 5.41) is 0. The highest BCUT2D eigenvalue weighted by Crippen LogP contribution is 2.36. The van der Waals surface area contributed by atoms with Gasteiger partial charge < -0.3 is 9.80 Å². The number of halogens is 1. The van der Waals surface area contributed by atoms with Gasteiger partial charge >= 0.3 is 0 Å². The Morgan fingerprint density at radius 1 is 0.969 bits per heavy atom. The second-order valence-electron chi connectivity index (χ2n) is 8.82. The van der Waals surface area contributed by atoms with Gasteiger partial charge in [-0.2, -0.15) is 0 Å². The molecule has 164 valence electrons. The van der Waals surface area contributed by atoms with E-state index in [0.717, 1.165) is 36.0 Å². The minimum Gasteiger partial charge on any atom is -0.337 e. The Labute approximate surface area is 187 Å². The first-order chi connectivity index (χ1) is 15.4. The van der Waals surface area contributed by atoms with Crippen molar-refractivity contribution < 1.29 is 9.18 Å². The van der Waals surface area contributed by atoms with Gasteiger partial charge in [-0.3, -0.25) is 9.78 Å². The van der Waals surface area contributed by atoms with Gasteiger partial charge in [0.15, 0.2) is 0 Å². The fraction of sp³-hybridized carbons (Fsp3) is 0.360. The monoisotopic (exact) mass is 431 g/mol. The zero-order valence-corrected chi connectivity index (χ0v) is 18.5. The van der Waals surface area contributed by atoms with Gasteiger partial charge in [0.2, 0.25) is 5.95 Å². The van der Waals surface area contributed by atoms with E-state index in [0.29, 0.717) is 35.8 Å². The van der Waals surface area contributed by atoms with Crippen LogP contribution in [0.2, 0.25) is 0 Å². The number of fused-ring (bicyclic) bond motifs is 1. The number of likely N-dealkylation sites (tertiary alicyclic amines) is 1.